The van der Waals surface area contributed by atoms with E-state index >= 15 is 0 Å². The first-order valence-corrected chi connectivity index (χ1v) is 9.29. The average Bonchev–Trinajstić information content (AvgIpc) is 2.47. The standard InChI is InChI=1S/C18H34N2/c1-3-16-13-19-17(15-9-6-5-7-10-15)14-20(16)18(4-2)11-8-12-18/h15-17,19H,3-14H2,1-2H3. The van der Waals surface area contributed by atoms with Crippen LogP contribution in [0.2, 0.25) is 0 Å². The van der Waals surface area contributed by atoms with Gasteiger partial charge in [-0.25, -0.2) is 0 Å². The van der Waals surface area contributed by atoms with Gasteiger partial charge in [-0.05, 0) is 50.9 Å². The second-order valence-electron chi connectivity index (χ2n) is 7.56. The lowest BCUT2D eigenvalue weighted by molar-refractivity contribution is -0.0523. The fourth-order valence-corrected chi connectivity index (χ4v) is 5.05. The van der Waals surface area contributed by atoms with Crippen LogP contribution in [0.5, 0.6) is 0 Å². The van der Waals surface area contributed by atoms with Crippen molar-refractivity contribution < 1.29 is 0 Å². The highest BCUT2D eigenvalue weighted by Crippen LogP contribution is 2.43. The molecule has 1 heterocycles. The van der Waals surface area contributed by atoms with Gasteiger partial charge in [-0.3, -0.25) is 4.90 Å². The number of rotatable bonds is 4. The maximum atomic E-state index is 3.92. The predicted molar refractivity (Wildman–Crippen MR) is 86.0 cm³/mol. The summed E-state index contributed by atoms with van der Waals surface area (Å²) >= 11 is 0. The summed E-state index contributed by atoms with van der Waals surface area (Å²) in [5, 5.41) is 3.92. The van der Waals surface area contributed by atoms with Crippen LogP contribution < -0.4 is 5.32 Å². The summed E-state index contributed by atoms with van der Waals surface area (Å²) in [4.78, 5) is 2.95. The summed E-state index contributed by atoms with van der Waals surface area (Å²) in [6.07, 6.45) is 14.4. The van der Waals surface area contributed by atoms with E-state index in [4.69, 9.17) is 0 Å². The Hall–Kier alpha value is -0.0800. The van der Waals surface area contributed by atoms with Gasteiger partial charge in [-0.15, -0.1) is 0 Å². The van der Waals surface area contributed by atoms with E-state index in [0.717, 1.165) is 18.0 Å². The largest absolute Gasteiger partial charge is 0.311 e. The second-order valence-corrected chi connectivity index (χ2v) is 7.56. The molecular weight excluding hydrogens is 244 g/mol. The Morgan fingerprint density at radius 3 is 2.35 bits per heavy atom. The minimum Gasteiger partial charge on any atom is -0.311 e. The van der Waals surface area contributed by atoms with Gasteiger partial charge in [0, 0.05) is 30.7 Å². The van der Waals surface area contributed by atoms with Crippen molar-refractivity contribution in [3.8, 4) is 0 Å². The van der Waals surface area contributed by atoms with Gasteiger partial charge in [0.2, 0.25) is 0 Å². The monoisotopic (exact) mass is 278 g/mol. The van der Waals surface area contributed by atoms with Gasteiger partial charge >= 0.3 is 0 Å². The number of hydrogen-bond donors (Lipinski definition) is 1. The molecule has 2 atom stereocenters. The van der Waals surface area contributed by atoms with Crippen LogP contribution in [0.25, 0.3) is 0 Å². The molecule has 0 radical (unpaired) electrons. The molecule has 1 saturated heterocycles. The summed E-state index contributed by atoms with van der Waals surface area (Å²) in [6, 6.07) is 1.57. The van der Waals surface area contributed by atoms with E-state index in [9.17, 15) is 0 Å². The Morgan fingerprint density at radius 2 is 1.80 bits per heavy atom. The summed E-state index contributed by atoms with van der Waals surface area (Å²) in [6.45, 7) is 7.36. The van der Waals surface area contributed by atoms with Gasteiger partial charge in [0.05, 0.1) is 0 Å². The van der Waals surface area contributed by atoms with Crippen LogP contribution >= 0.6 is 0 Å². The van der Waals surface area contributed by atoms with Crippen molar-refractivity contribution >= 4 is 0 Å². The van der Waals surface area contributed by atoms with E-state index in [1.807, 2.05) is 0 Å². The Morgan fingerprint density at radius 1 is 1.05 bits per heavy atom. The number of hydrogen-bond acceptors (Lipinski definition) is 2. The summed E-state index contributed by atoms with van der Waals surface area (Å²) in [5.41, 5.74) is 0.579. The highest BCUT2D eigenvalue weighted by atomic mass is 15.3. The minimum atomic E-state index is 0.579. The molecular formula is C18H34N2. The molecule has 20 heavy (non-hydrogen) atoms. The normalized spacial score (nSPS) is 35.7. The van der Waals surface area contributed by atoms with Gasteiger partial charge in [-0.2, -0.15) is 0 Å². The smallest absolute Gasteiger partial charge is 0.0224 e. The van der Waals surface area contributed by atoms with Gasteiger partial charge in [0.25, 0.3) is 0 Å². The maximum absolute atomic E-state index is 3.92. The quantitative estimate of drug-likeness (QED) is 0.837. The third-order valence-corrected chi connectivity index (χ3v) is 6.69. The fourth-order valence-electron chi connectivity index (χ4n) is 5.05. The average molecular weight is 278 g/mol. The number of nitrogens with zero attached hydrogens (tertiary/aromatic N) is 1. The van der Waals surface area contributed by atoms with E-state index in [0.29, 0.717) is 5.54 Å². The van der Waals surface area contributed by atoms with Crippen molar-refractivity contribution in [1.82, 2.24) is 10.2 Å². The lowest BCUT2D eigenvalue weighted by Gasteiger charge is -2.57. The highest BCUT2D eigenvalue weighted by Gasteiger charge is 2.46. The van der Waals surface area contributed by atoms with Crippen molar-refractivity contribution in [1.29, 1.82) is 0 Å². The Balaban J connectivity index is 1.68. The lowest BCUT2D eigenvalue weighted by atomic mass is 9.71. The first-order valence-electron chi connectivity index (χ1n) is 9.29. The molecule has 2 nitrogen and oxygen atoms in total. The van der Waals surface area contributed by atoms with E-state index in [-0.39, 0.29) is 0 Å². The van der Waals surface area contributed by atoms with E-state index < -0.39 is 0 Å². The zero-order valence-electron chi connectivity index (χ0n) is 13.7. The molecule has 0 spiro atoms. The van der Waals surface area contributed by atoms with Crippen LogP contribution in [-0.2, 0) is 0 Å². The number of nitrogens with one attached hydrogen (secondary N) is 1. The molecule has 1 N–H and O–H groups in total. The van der Waals surface area contributed by atoms with E-state index in [1.54, 1.807) is 0 Å². The Kier molecular flexibility index (Phi) is 4.72. The molecule has 2 unspecified atom stereocenters. The van der Waals surface area contributed by atoms with Gasteiger partial charge in [0.1, 0.15) is 0 Å². The molecule has 3 aliphatic rings. The molecule has 3 rings (SSSR count). The molecule has 0 bridgehead atoms. The molecule has 116 valence electrons. The van der Waals surface area contributed by atoms with Crippen LogP contribution in [-0.4, -0.2) is 35.6 Å². The van der Waals surface area contributed by atoms with E-state index in [2.05, 4.69) is 24.1 Å². The van der Waals surface area contributed by atoms with Crippen LogP contribution in [0.3, 0.4) is 0 Å². The molecule has 2 saturated carbocycles. The van der Waals surface area contributed by atoms with Crippen LogP contribution in [0.15, 0.2) is 0 Å². The molecule has 0 aromatic carbocycles. The Labute approximate surface area is 125 Å². The van der Waals surface area contributed by atoms with Crippen molar-refractivity contribution in [3.63, 3.8) is 0 Å². The minimum absolute atomic E-state index is 0.579. The molecule has 3 fully saturated rings. The third kappa shape index (κ3) is 2.66. The Bertz CT molecular complexity index is 299. The molecule has 0 aromatic rings. The SMILES string of the molecule is CCC1CNC(C2CCCCC2)CN1C1(CC)CCC1. The maximum Gasteiger partial charge on any atom is 0.0224 e. The van der Waals surface area contributed by atoms with Crippen molar-refractivity contribution in [2.24, 2.45) is 5.92 Å². The molecule has 0 amide bonds. The van der Waals surface area contributed by atoms with Crippen LogP contribution in [0.4, 0.5) is 0 Å². The topological polar surface area (TPSA) is 15.3 Å². The van der Waals surface area contributed by atoms with Gasteiger partial charge < -0.3 is 5.32 Å². The van der Waals surface area contributed by atoms with E-state index in [1.165, 1.54) is 77.3 Å². The van der Waals surface area contributed by atoms with Crippen LogP contribution in [0, 0.1) is 5.92 Å². The molecule has 1 aliphatic heterocycles. The van der Waals surface area contributed by atoms with Gasteiger partial charge in [0.15, 0.2) is 0 Å². The fraction of sp³-hybridized carbons (Fsp3) is 1.00. The first-order chi connectivity index (χ1) is 9.79. The predicted octanol–water partition coefficient (Wildman–Crippen LogP) is 3.95. The second kappa shape index (κ2) is 6.36. The molecule has 2 aliphatic carbocycles. The lowest BCUT2D eigenvalue weighted by Crippen LogP contribution is -2.67. The molecule has 0 aromatic heterocycles. The number of piperazine rings is 1. The van der Waals surface area contributed by atoms with Crippen molar-refractivity contribution in [3.05, 3.63) is 0 Å². The highest BCUT2D eigenvalue weighted by molar-refractivity contribution is 5.03. The van der Waals surface area contributed by atoms with Crippen molar-refractivity contribution in [2.75, 3.05) is 13.1 Å². The first kappa shape index (κ1) is 14.8. The summed E-state index contributed by atoms with van der Waals surface area (Å²) < 4.78 is 0. The zero-order chi connectivity index (χ0) is 14.0. The summed E-state index contributed by atoms with van der Waals surface area (Å²) in [5.74, 6) is 0.957. The van der Waals surface area contributed by atoms with Gasteiger partial charge in [-0.1, -0.05) is 33.1 Å². The van der Waals surface area contributed by atoms with Crippen molar-refractivity contribution in [2.45, 2.75) is 95.7 Å². The van der Waals surface area contributed by atoms with Crippen LogP contribution in [0.1, 0.15) is 78.1 Å². The summed E-state index contributed by atoms with van der Waals surface area (Å²) in [7, 11) is 0. The molecule has 2 heteroatoms. The third-order valence-electron chi connectivity index (χ3n) is 6.69. The zero-order valence-corrected chi connectivity index (χ0v) is 13.7.